The second-order valence-electron chi connectivity index (χ2n) is 6.42. The Kier molecular flexibility index (Phi) is 4.81. The standard InChI is InChI=1S/C18H28N2O/c1-3-9-19-16-8-11-21-13-18(16)20-10-4-5-15-12-14(2)6-7-17(15)20/h6-7,12,16,18-19H,3-5,8-11,13H2,1-2H3. The molecule has 1 aromatic carbocycles. The molecule has 2 heterocycles. The van der Waals surface area contributed by atoms with Crippen molar-refractivity contribution in [2.45, 2.75) is 51.6 Å². The van der Waals surface area contributed by atoms with Gasteiger partial charge in [0, 0.05) is 24.9 Å². The fraction of sp³-hybridized carbons (Fsp3) is 0.667. The van der Waals surface area contributed by atoms with Gasteiger partial charge in [-0.1, -0.05) is 24.6 Å². The summed E-state index contributed by atoms with van der Waals surface area (Å²) in [5.41, 5.74) is 4.32. The van der Waals surface area contributed by atoms with Crippen LogP contribution in [-0.4, -0.2) is 38.4 Å². The quantitative estimate of drug-likeness (QED) is 0.922. The van der Waals surface area contributed by atoms with Gasteiger partial charge in [-0.2, -0.15) is 0 Å². The van der Waals surface area contributed by atoms with E-state index in [-0.39, 0.29) is 0 Å². The maximum absolute atomic E-state index is 5.80. The zero-order valence-corrected chi connectivity index (χ0v) is 13.4. The van der Waals surface area contributed by atoms with Crippen LogP contribution in [0.5, 0.6) is 0 Å². The maximum atomic E-state index is 5.80. The lowest BCUT2D eigenvalue weighted by molar-refractivity contribution is 0.0585. The van der Waals surface area contributed by atoms with E-state index in [4.69, 9.17) is 4.74 Å². The predicted molar refractivity (Wildman–Crippen MR) is 88.2 cm³/mol. The Morgan fingerprint density at radius 2 is 2.29 bits per heavy atom. The van der Waals surface area contributed by atoms with Crippen LogP contribution in [0.1, 0.15) is 37.3 Å². The molecule has 0 saturated carbocycles. The summed E-state index contributed by atoms with van der Waals surface area (Å²) in [4.78, 5) is 2.60. The first-order chi connectivity index (χ1) is 10.3. The lowest BCUT2D eigenvalue weighted by atomic mass is 9.94. The van der Waals surface area contributed by atoms with Crippen molar-refractivity contribution in [2.24, 2.45) is 0 Å². The number of hydrogen-bond donors (Lipinski definition) is 1. The number of benzene rings is 1. The Balaban J connectivity index is 1.82. The van der Waals surface area contributed by atoms with Gasteiger partial charge >= 0.3 is 0 Å². The molecule has 116 valence electrons. The van der Waals surface area contributed by atoms with Crippen LogP contribution < -0.4 is 10.2 Å². The van der Waals surface area contributed by atoms with Crippen LogP contribution in [0.15, 0.2) is 18.2 Å². The maximum Gasteiger partial charge on any atom is 0.0685 e. The topological polar surface area (TPSA) is 24.5 Å². The lowest BCUT2D eigenvalue weighted by Gasteiger charge is -2.44. The molecule has 3 nitrogen and oxygen atoms in total. The van der Waals surface area contributed by atoms with E-state index >= 15 is 0 Å². The van der Waals surface area contributed by atoms with Crippen molar-refractivity contribution < 1.29 is 4.74 Å². The highest BCUT2D eigenvalue weighted by Crippen LogP contribution is 2.31. The molecular weight excluding hydrogens is 260 g/mol. The summed E-state index contributed by atoms with van der Waals surface area (Å²) in [6, 6.07) is 7.96. The fourth-order valence-corrected chi connectivity index (χ4v) is 3.70. The zero-order chi connectivity index (χ0) is 14.7. The number of hydrogen-bond acceptors (Lipinski definition) is 3. The third-order valence-electron chi connectivity index (χ3n) is 4.77. The zero-order valence-electron chi connectivity index (χ0n) is 13.4. The van der Waals surface area contributed by atoms with Crippen molar-refractivity contribution in [2.75, 3.05) is 31.2 Å². The Hall–Kier alpha value is -1.06. The number of ether oxygens (including phenoxy) is 1. The number of aryl methyl sites for hydroxylation is 2. The summed E-state index contributed by atoms with van der Waals surface area (Å²) >= 11 is 0. The van der Waals surface area contributed by atoms with Gasteiger partial charge in [-0.05, 0) is 50.8 Å². The van der Waals surface area contributed by atoms with E-state index in [1.807, 2.05) is 0 Å². The highest BCUT2D eigenvalue weighted by Gasteiger charge is 2.32. The summed E-state index contributed by atoms with van der Waals surface area (Å²) in [7, 11) is 0. The van der Waals surface area contributed by atoms with Crippen molar-refractivity contribution >= 4 is 5.69 Å². The number of nitrogens with one attached hydrogen (secondary N) is 1. The van der Waals surface area contributed by atoms with Gasteiger partial charge in [0.25, 0.3) is 0 Å². The summed E-state index contributed by atoms with van der Waals surface area (Å²) in [5.74, 6) is 0. The monoisotopic (exact) mass is 288 g/mol. The largest absolute Gasteiger partial charge is 0.379 e. The summed E-state index contributed by atoms with van der Waals surface area (Å²) < 4.78 is 5.80. The molecule has 1 N–H and O–H groups in total. The highest BCUT2D eigenvalue weighted by molar-refractivity contribution is 5.57. The first-order valence-corrected chi connectivity index (χ1v) is 8.47. The van der Waals surface area contributed by atoms with Crippen LogP contribution in [0.2, 0.25) is 0 Å². The Morgan fingerprint density at radius 1 is 1.38 bits per heavy atom. The minimum absolute atomic E-state index is 0.479. The van der Waals surface area contributed by atoms with Gasteiger partial charge in [0.05, 0.1) is 12.6 Å². The average molecular weight is 288 g/mol. The van der Waals surface area contributed by atoms with E-state index < -0.39 is 0 Å². The molecule has 0 bridgehead atoms. The van der Waals surface area contributed by atoms with Crippen molar-refractivity contribution in [1.82, 2.24) is 5.32 Å². The Morgan fingerprint density at radius 3 is 3.14 bits per heavy atom. The predicted octanol–water partition coefficient (Wildman–Crippen LogP) is 2.90. The molecule has 0 aliphatic carbocycles. The molecule has 21 heavy (non-hydrogen) atoms. The molecule has 2 aliphatic heterocycles. The average Bonchev–Trinajstić information content (AvgIpc) is 2.52. The summed E-state index contributed by atoms with van der Waals surface area (Å²) in [5, 5.41) is 3.74. The van der Waals surface area contributed by atoms with Gasteiger partial charge < -0.3 is 15.0 Å². The van der Waals surface area contributed by atoms with Crippen LogP contribution in [0, 0.1) is 6.92 Å². The van der Waals surface area contributed by atoms with E-state index in [1.54, 1.807) is 0 Å². The molecule has 3 heteroatoms. The van der Waals surface area contributed by atoms with Crippen LogP contribution in [0.3, 0.4) is 0 Å². The molecule has 0 amide bonds. The van der Waals surface area contributed by atoms with Crippen molar-refractivity contribution in [3.63, 3.8) is 0 Å². The number of fused-ring (bicyclic) bond motifs is 1. The molecular formula is C18H28N2O. The van der Waals surface area contributed by atoms with E-state index in [9.17, 15) is 0 Å². The van der Waals surface area contributed by atoms with Crippen LogP contribution >= 0.6 is 0 Å². The molecule has 0 spiro atoms. The van der Waals surface area contributed by atoms with E-state index in [0.29, 0.717) is 12.1 Å². The second-order valence-corrected chi connectivity index (χ2v) is 6.42. The van der Waals surface area contributed by atoms with Crippen molar-refractivity contribution in [3.05, 3.63) is 29.3 Å². The third kappa shape index (κ3) is 3.24. The lowest BCUT2D eigenvalue weighted by Crippen LogP contribution is -2.56. The van der Waals surface area contributed by atoms with Gasteiger partial charge in [-0.25, -0.2) is 0 Å². The van der Waals surface area contributed by atoms with Gasteiger partial charge in [0.2, 0.25) is 0 Å². The molecule has 2 unspecified atom stereocenters. The van der Waals surface area contributed by atoms with E-state index in [0.717, 1.165) is 32.7 Å². The number of anilines is 1. The molecule has 1 aromatic rings. The van der Waals surface area contributed by atoms with Gasteiger partial charge in [0.1, 0.15) is 0 Å². The van der Waals surface area contributed by atoms with Gasteiger partial charge in [-0.15, -0.1) is 0 Å². The Labute approximate surface area is 128 Å². The number of rotatable bonds is 4. The van der Waals surface area contributed by atoms with Crippen LogP contribution in [0.25, 0.3) is 0 Å². The SMILES string of the molecule is CCCNC1CCOCC1N1CCCc2cc(C)ccc21. The summed E-state index contributed by atoms with van der Waals surface area (Å²) in [6.45, 7) is 8.44. The van der Waals surface area contributed by atoms with Crippen molar-refractivity contribution in [1.29, 1.82) is 0 Å². The molecule has 0 radical (unpaired) electrons. The third-order valence-corrected chi connectivity index (χ3v) is 4.77. The molecule has 2 atom stereocenters. The molecule has 1 saturated heterocycles. The smallest absolute Gasteiger partial charge is 0.0685 e. The van der Waals surface area contributed by atoms with E-state index in [1.165, 1.54) is 36.1 Å². The van der Waals surface area contributed by atoms with Gasteiger partial charge in [-0.3, -0.25) is 0 Å². The Bertz CT molecular complexity index is 474. The second kappa shape index (κ2) is 6.80. The van der Waals surface area contributed by atoms with Crippen LogP contribution in [0.4, 0.5) is 5.69 Å². The normalized spacial score (nSPS) is 25.7. The van der Waals surface area contributed by atoms with Crippen LogP contribution in [-0.2, 0) is 11.2 Å². The molecule has 3 rings (SSSR count). The minimum Gasteiger partial charge on any atom is -0.379 e. The highest BCUT2D eigenvalue weighted by atomic mass is 16.5. The van der Waals surface area contributed by atoms with Gasteiger partial charge in [0.15, 0.2) is 0 Å². The summed E-state index contributed by atoms with van der Waals surface area (Å²) in [6.07, 6.45) is 4.80. The number of nitrogens with zero attached hydrogens (tertiary/aromatic N) is 1. The van der Waals surface area contributed by atoms with E-state index in [2.05, 4.69) is 42.3 Å². The molecule has 0 aromatic heterocycles. The van der Waals surface area contributed by atoms with Crippen molar-refractivity contribution in [3.8, 4) is 0 Å². The molecule has 2 aliphatic rings. The first kappa shape index (κ1) is 14.9. The fourth-order valence-electron chi connectivity index (χ4n) is 3.70. The molecule has 1 fully saturated rings. The first-order valence-electron chi connectivity index (χ1n) is 8.47. The minimum atomic E-state index is 0.479.